The molecule has 8 nitrogen and oxygen atoms in total. The van der Waals surface area contributed by atoms with Crippen molar-refractivity contribution in [2.45, 2.75) is 24.3 Å². The average Bonchev–Trinajstić information content (AvgIpc) is 3.28. The fourth-order valence-corrected chi connectivity index (χ4v) is 5.25. The fraction of sp³-hybridized carbons (Fsp3) is 0.318. The van der Waals surface area contributed by atoms with E-state index >= 15 is 0 Å². The van der Waals surface area contributed by atoms with E-state index in [0.29, 0.717) is 32.5 Å². The Morgan fingerprint density at radius 2 is 1.84 bits per heavy atom. The summed E-state index contributed by atoms with van der Waals surface area (Å²) in [5, 5.41) is 4.38. The number of rotatable bonds is 6. The first-order valence-electron chi connectivity index (χ1n) is 10.2. The third kappa shape index (κ3) is 4.67. The molecule has 0 aliphatic carbocycles. The summed E-state index contributed by atoms with van der Waals surface area (Å²) in [6.07, 6.45) is 7.60. The molecule has 1 fully saturated rings. The van der Waals surface area contributed by atoms with Crippen LogP contribution in [0.3, 0.4) is 0 Å². The smallest absolute Gasteiger partial charge is 0.244 e. The minimum atomic E-state index is -3.57. The second kappa shape index (κ2) is 8.99. The molecular formula is C22H25N5O3S. The van der Waals surface area contributed by atoms with Gasteiger partial charge in [-0.05, 0) is 37.1 Å². The molecule has 9 heteroatoms. The van der Waals surface area contributed by atoms with E-state index in [2.05, 4.69) is 10.1 Å². The highest BCUT2D eigenvalue weighted by molar-refractivity contribution is 7.89. The van der Waals surface area contributed by atoms with Crippen LogP contribution in [0, 0.1) is 5.92 Å². The Morgan fingerprint density at radius 3 is 2.52 bits per heavy atom. The Labute approximate surface area is 182 Å². The summed E-state index contributed by atoms with van der Waals surface area (Å²) in [6, 6.07) is 13.0. The van der Waals surface area contributed by atoms with Gasteiger partial charge < -0.3 is 4.90 Å². The van der Waals surface area contributed by atoms with E-state index in [9.17, 15) is 13.2 Å². The number of aromatic nitrogens is 3. The van der Waals surface area contributed by atoms with Gasteiger partial charge in [-0.3, -0.25) is 9.78 Å². The zero-order valence-electron chi connectivity index (χ0n) is 17.3. The normalized spacial score (nSPS) is 15.6. The van der Waals surface area contributed by atoms with Crippen molar-refractivity contribution in [3.8, 4) is 5.69 Å². The standard InChI is InChI=1S/C22H25N5O3S/c1-25(16-18-14-24-27(17-18)20-6-3-2-4-7-20)22(28)19-9-12-26(13-10-19)31(29,30)21-8-5-11-23-15-21/h2-8,11,14-15,17,19H,9-10,12-13,16H2,1H3. The first kappa shape index (κ1) is 21.2. The number of hydrogen-bond donors (Lipinski definition) is 0. The molecule has 0 saturated carbocycles. The third-order valence-electron chi connectivity index (χ3n) is 5.53. The fourth-order valence-electron chi connectivity index (χ4n) is 3.82. The summed E-state index contributed by atoms with van der Waals surface area (Å²) >= 11 is 0. The average molecular weight is 440 g/mol. The lowest BCUT2D eigenvalue weighted by Crippen LogP contribution is -2.43. The van der Waals surface area contributed by atoms with Crippen molar-refractivity contribution in [2.75, 3.05) is 20.1 Å². The van der Waals surface area contributed by atoms with Gasteiger partial charge in [0, 0.05) is 56.8 Å². The number of piperidine rings is 1. The van der Waals surface area contributed by atoms with Gasteiger partial charge >= 0.3 is 0 Å². The van der Waals surface area contributed by atoms with E-state index in [4.69, 9.17) is 0 Å². The molecule has 1 aromatic carbocycles. The number of para-hydroxylation sites is 1. The van der Waals surface area contributed by atoms with Gasteiger partial charge in [0.25, 0.3) is 0 Å². The topological polar surface area (TPSA) is 88.4 Å². The molecule has 31 heavy (non-hydrogen) atoms. The van der Waals surface area contributed by atoms with Crippen LogP contribution in [-0.4, -0.2) is 58.4 Å². The van der Waals surface area contributed by atoms with Gasteiger partial charge in [0.05, 0.1) is 11.9 Å². The molecule has 0 unspecified atom stereocenters. The van der Waals surface area contributed by atoms with E-state index in [1.54, 1.807) is 41.2 Å². The molecule has 0 N–H and O–H groups in total. The molecule has 2 aromatic heterocycles. The van der Waals surface area contributed by atoms with E-state index in [1.165, 1.54) is 10.5 Å². The highest BCUT2D eigenvalue weighted by Gasteiger charge is 2.33. The number of pyridine rings is 1. The lowest BCUT2D eigenvalue weighted by atomic mass is 9.96. The first-order valence-corrected chi connectivity index (χ1v) is 11.6. The van der Waals surface area contributed by atoms with Gasteiger partial charge in [0.1, 0.15) is 4.90 Å². The molecule has 3 aromatic rings. The predicted molar refractivity (Wildman–Crippen MR) is 116 cm³/mol. The number of carbonyl (C=O) groups is 1. The largest absolute Gasteiger partial charge is 0.341 e. The minimum Gasteiger partial charge on any atom is -0.341 e. The highest BCUT2D eigenvalue weighted by atomic mass is 32.2. The molecule has 1 aliphatic heterocycles. The van der Waals surface area contributed by atoms with Gasteiger partial charge in [0.15, 0.2) is 0 Å². The van der Waals surface area contributed by atoms with E-state index in [1.807, 2.05) is 36.5 Å². The van der Waals surface area contributed by atoms with Crippen LogP contribution in [0.1, 0.15) is 18.4 Å². The molecule has 4 rings (SSSR count). The van der Waals surface area contributed by atoms with Crippen LogP contribution in [0.5, 0.6) is 0 Å². The summed E-state index contributed by atoms with van der Waals surface area (Å²) in [5.41, 5.74) is 1.90. The maximum Gasteiger partial charge on any atom is 0.244 e. The van der Waals surface area contributed by atoms with Crippen LogP contribution in [0.2, 0.25) is 0 Å². The molecule has 1 aliphatic rings. The Kier molecular flexibility index (Phi) is 6.15. The maximum atomic E-state index is 12.9. The van der Waals surface area contributed by atoms with Gasteiger partial charge in [-0.15, -0.1) is 0 Å². The van der Waals surface area contributed by atoms with Crippen LogP contribution in [0.25, 0.3) is 5.69 Å². The van der Waals surface area contributed by atoms with Crippen LogP contribution in [0.15, 0.2) is 72.1 Å². The van der Waals surface area contributed by atoms with Crippen LogP contribution < -0.4 is 0 Å². The van der Waals surface area contributed by atoms with Crippen molar-refractivity contribution >= 4 is 15.9 Å². The zero-order chi connectivity index (χ0) is 21.8. The van der Waals surface area contributed by atoms with Crippen LogP contribution in [0.4, 0.5) is 0 Å². The lowest BCUT2D eigenvalue weighted by molar-refractivity contribution is -0.135. The number of hydrogen-bond acceptors (Lipinski definition) is 5. The van der Waals surface area contributed by atoms with E-state index in [0.717, 1.165) is 11.3 Å². The molecule has 0 atom stereocenters. The number of sulfonamides is 1. The van der Waals surface area contributed by atoms with E-state index < -0.39 is 10.0 Å². The first-order chi connectivity index (χ1) is 14.9. The van der Waals surface area contributed by atoms with Crippen molar-refractivity contribution in [1.82, 2.24) is 24.0 Å². The predicted octanol–water partition coefficient (Wildman–Crippen LogP) is 2.33. The molecule has 3 heterocycles. The summed E-state index contributed by atoms with van der Waals surface area (Å²) < 4.78 is 28.7. The minimum absolute atomic E-state index is 0.0332. The SMILES string of the molecule is CN(Cc1cnn(-c2ccccc2)c1)C(=O)C1CCN(S(=O)(=O)c2cccnc2)CC1. The molecule has 0 spiro atoms. The Hall–Kier alpha value is -3.04. The monoisotopic (exact) mass is 439 g/mol. The summed E-state index contributed by atoms with van der Waals surface area (Å²) in [6.45, 7) is 1.11. The van der Waals surface area contributed by atoms with Crippen molar-refractivity contribution < 1.29 is 13.2 Å². The van der Waals surface area contributed by atoms with Gasteiger partial charge in [-0.2, -0.15) is 9.40 Å². The van der Waals surface area contributed by atoms with Crippen molar-refractivity contribution in [3.63, 3.8) is 0 Å². The van der Waals surface area contributed by atoms with Crippen LogP contribution >= 0.6 is 0 Å². The van der Waals surface area contributed by atoms with Gasteiger partial charge in [-0.1, -0.05) is 18.2 Å². The quantitative estimate of drug-likeness (QED) is 0.588. The lowest BCUT2D eigenvalue weighted by Gasteiger charge is -2.32. The Morgan fingerprint density at radius 1 is 1.10 bits per heavy atom. The number of carbonyl (C=O) groups excluding carboxylic acids is 1. The highest BCUT2D eigenvalue weighted by Crippen LogP contribution is 2.25. The second-order valence-electron chi connectivity index (χ2n) is 7.69. The Bertz CT molecular complexity index is 1120. The van der Waals surface area contributed by atoms with E-state index in [-0.39, 0.29) is 16.7 Å². The van der Waals surface area contributed by atoms with Crippen molar-refractivity contribution in [3.05, 3.63) is 72.8 Å². The van der Waals surface area contributed by atoms with Crippen molar-refractivity contribution in [2.24, 2.45) is 5.92 Å². The van der Waals surface area contributed by atoms with Gasteiger partial charge in [-0.25, -0.2) is 13.1 Å². The number of nitrogens with zero attached hydrogens (tertiary/aromatic N) is 5. The molecule has 0 bridgehead atoms. The Balaban J connectivity index is 1.34. The molecule has 162 valence electrons. The molecule has 1 amide bonds. The number of amides is 1. The zero-order valence-corrected chi connectivity index (χ0v) is 18.1. The third-order valence-corrected chi connectivity index (χ3v) is 7.41. The molecule has 1 saturated heterocycles. The molecular weight excluding hydrogens is 414 g/mol. The molecule has 0 radical (unpaired) electrons. The maximum absolute atomic E-state index is 12.9. The van der Waals surface area contributed by atoms with Crippen LogP contribution in [-0.2, 0) is 21.4 Å². The van der Waals surface area contributed by atoms with Crippen molar-refractivity contribution in [1.29, 1.82) is 0 Å². The summed E-state index contributed by atoms with van der Waals surface area (Å²) in [7, 11) is -1.79. The number of benzene rings is 1. The van der Waals surface area contributed by atoms with Gasteiger partial charge in [0.2, 0.25) is 15.9 Å². The summed E-state index contributed by atoms with van der Waals surface area (Å²) in [4.78, 5) is 18.7. The second-order valence-corrected chi connectivity index (χ2v) is 9.63. The summed E-state index contributed by atoms with van der Waals surface area (Å²) in [5.74, 6) is -0.152.